The van der Waals surface area contributed by atoms with Gasteiger partial charge in [0.25, 0.3) is 0 Å². The molecule has 0 saturated carbocycles. The van der Waals surface area contributed by atoms with Gasteiger partial charge >= 0.3 is 6.03 Å². The SMILES string of the molecule is Cc1nc(NC(=O)N2CCC(OCc3ccccc3)C2)sc1C#Cc1ccncc1. The number of aryl methyl sites for hydroxylation is 1. The summed E-state index contributed by atoms with van der Waals surface area (Å²) in [4.78, 5) is 23.7. The number of benzene rings is 1. The highest BCUT2D eigenvalue weighted by atomic mass is 32.1. The standard InChI is InChI=1S/C23H22N4O2S/c1-17-21(8-7-18-9-12-24-13-10-18)30-22(25-17)26-23(28)27-14-11-20(15-27)29-16-19-5-3-2-4-6-19/h2-6,9-10,12-13,20H,11,14-16H2,1H3,(H,25,26,28). The van der Waals surface area contributed by atoms with E-state index in [1.54, 1.807) is 17.3 Å². The van der Waals surface area contributed by atoms with Gasteiger partial charge in [-0.3, -0.25) is 10.3 Å². The van der Waals surface area contributed by atoms with Crippen molar-refractivity contribution in [2.45, 2.75) is 26.1 Å². The highest BCUT2D eigenvalue weighted by Gasteiger charge is 2.27. The van der Waals surface area contributed by atoms with Gasteiger partial charge in [0.05, 0.1) is 18.4 Å². The van der Waals surface area contributed by atoms with Crippen molar-refractivity contribution in [3.05, 3.63) is 76.6 Å². The van der Waals surface area contributed by atoms with Crippen LogP contribution in [-0.4, -0.2) is 40.1 Å². The normalized spacial score (nSPS) is 15.5. The summed E-state index contributed by atoms with van der Waals surface area (Å²) in [5.74, 6) is 6.22. The van der Waals surface area contributed by atoms with Gasteiger partial charge in [-0.1, -0.05) is 47.6 Å². The Morgan fingerprint density at radius 3 is 2.83 bits per heavy atom. The van der Waals surface area contributed by atoms with Crippen LogP contribution in [0, 0.1) is 18.8 Å². The van der Waals surface area contributed by atoms with Crippen LogP contribution in [0.5, 0.6) is 0 Å². The molecule has 0 spiro atoms. The summed E-state index contributed by atoms with van der Waals surface area (Å²) in [5.41, 5.74) is 2.84. The third kappa shape index (κ3) is 5.23. The molecule has 0 aliphatic carbocycles. The number of thiazole rings is 1. The van der Waals surface area contributed by atoms with Gasteiger partial charge in [0.1, 0.15) is 4.88 Å². The molecule has 30 heavy (non-hydrogen) atoms. The Hall–Kier alpha value is -3.21. The van der Waals surface area contributed by atoms with Crippen molar-refractivity contribution >= 4 is 22.5 Å². The number of carbonyl (C=O) groups excluding carboxylic acids is 1. The fraction of sp³-hybridized carbons (Fsp3) is 0.261. The molecule has 1 unspecified atom stereocenters. The van der Waals surface area contributed by atoms with Crippen molar-refractivity contribution in [1.82, 2.24) is 14.9 Å². The zero-order chi connectivity index (χ0) is 20.8. The zero-order valence-electron chi connectivity index (χ0n) is 16.7. The second-order valence-corrected chi connectivity index (χ2v) is 8.00. The monoisotopic (exact) mass is 418 g/mol. The largest absolute Gasteiger partial charge is 0.372 e. The number of urea groups is 1. The van der Waals surface area contributed by atoms with E-state index in [0.29, 0.717) is 24.8 Å². The molecule has 7 heteroatoms. The number of ether oxygens (including phenoxy) is 1. The minimum atomic E-state index is -0.150. The van der Waals surface area contributed by atoms with Crippen molar-refractivity contribution < 1.29 is 9.53 Å². The zero-order valence-corrected chi connectivity index (χ0v) is 17.5. The maximum Gasteiger partial charge on any atom is 0.323 e. The summed E-state index contributed by atoms with van der Waals surface area (Å²) < 4.78 is 5.96. The predicted octanol–water partition coefficient (Wildman–Crippen LogP) is 4.07. The Balaban J connectivity index is 1.31. The van der Waals surface area contributed by atoms with Crippen molar-refractivity contribution in [3.8, 4) is 11.8 Å². The molecule has 1 atom stereocenters. The van der Waals surface area contributed by atoms with Crippen LogP contribution < -0.4 is 5.32 Å². The van der Waals surface area contributed by atoms with Gasteiger partial charge in [-0.15, -0.1) is 0 Å². The first-order valence-corrected chi connectivity index (χ1v) is 10.6. The highest BCUT2D eigenvalue weighted by Crippen LogP contribution is 2.23. The Labute approximate surface area is 179 Å². The van der Waals surface area contributed by atoms with Crippen LogP contribution in [0.15, 0.2) is 54.9 Å². The van der Waals surface area contributed by atoms with Crippen molar-refractivity contribution in [2.24, 2.45) is 0 Å². The summed E-state index contributed by atoms with van der Waals surface area (Å²) in [7, 11) is 0. The summed E-state index contributed by atoms with van der Waals surface area (Å²) in [6.45, 7) is 3.71. The van der Waals surface area contributed by atoms with Crippen molar-refractivity contribution in [2.75, 3.05) is 18.4 Å². The number of likely N-dealkylation sites (tertiary alicyclic amines) is 1. The van der Waals surface area contributed by atoms with Gasteiger partial charge in [0.15, 0.2) is 5.13 Å². The Morgan fingerprint density at radius 1 is 1.23 bits per heavy atom. The van der Waals surface area contributed by atoms with Gasteiger partial charge in [-0.2, -0.15) is 0 Å². The number of rotatable bonds is 4. The fourth-order valence-electron chi connectivity index (χ4n) is 3.14. The Kier molecular flexibility index (Phi) is 6.38. The molecule has 2 amide bonds. The van der Waals surface area contributed by atoms with E-state index in [1.807, 2.05) is 49.4 Å². The topological polar surface area (TPSA) is 67.4 Å². The smallest absolute Gasteiger partial charge is 0.323 e. The minimum absolute atomic E-state index is 0.0516. The van der Waals surface area contributed by atoms with Crippen LogP contribution in [0.25, 0.3) is 0 Å². The molecule has 6 nitrogen and oxygen atoms in total. The second kappa shape index (κ2) is 9.53. The average molecular weight is 419 g/mol. The molecule has 0 radical (unpaired) electrons. The molecule has 3 heterocycles. The molecule has 1 aromatic carbocycles. The lowest BCUT2D eigenvalue weighted by Crippen LogP contribution is -2.34. The number of carbonyl (C=O) groups is 1. The maximum absolute atomic E-state index is 12.6. The van der Waals surface area contributed by atoms with Gasteiger partial charge < -0.3 is 9.64 Å². The van der Waals surface area contributed by atoms with Crippen molar-refractivity contribution in [3.63, 3.8) is 0 Å². The van der Waals surface area contributed by atoms with E-state index in [-0.39, 0.29) is 12.1 Å². The van der Waals surface area contributed by atoms with Crippen LogP contribution in [-0.2, 0) is 11.3 Å². The van der Waals surface area contributed by atoms with E-state index in [1.165, 1.54) is 11.3 Å². The first kappa shape index (κ1) is 20.1. The van der Waals surface area contributed by atoms with Crippen molar-refractivity contribution in [1.29, 1.82) is 0 Å². The number of pyridine rings is 1. The summed E-state index contributed by atoms with van der Waals surface area (Å²) >= 11 is 1.38. The van der Waals surface area contributed by atoms with E-state index in [0.717, 1.165) is 28.1 Å². The van der Waals surface area contributed by atoms with Crippen LogP contribution in [0.2, 0.25) is 0 Å². The van der Waals surface area contributed by atoms with E-state index < -0.39 is 0 Å². The molecule has 3 aromatic rings. The predicted molar refractivity (Wildman–Crippen MR) is 117 cm³/mol. The molecule has 0 bridgehead atoms. The summed E-state index contributed by atoms with van der Waals surface area (Å²) in [6, 6.07) is 13.6. The lowest BCUT2D eigenvalue weighted by atomic mass is 10.2. The van der Waals surface area contributed by atoms with E-state index >= 15 is 0 Å². The molecule has 1 N–H and O–H groups in total. The van der Waals surface area contributed by atoms with Crippen LogP contribution in [0.4, 0.5) is 9.93 Å². The lowest BCUT2D eigenvalue weighted by molar-refractivity contribution is 0.0491. The van der Waals surface area contributed by atoms with Gasteiger partial charge in [-0.05, 0) is 37.0 Å². The molecule has 1 saturated heterocycles. The molecule has 2 aromatic heterocycles. The van der Waals surface area contributed by atoms with Gasteiger partial charge in [-0.25, -0.2) is 9.78 Å². The second-order valence-electron chi connectivity index (χ2n) is 7.00. The van der Waals surface area contributed by atoms with E-state index in [4.69, 9.17) is 4.74 Å². The fourth-order valence-corrected chi connectivity index (χ4v) is 3.95. The number of hydrogen-bond acceptors (Lipinski definition) is 5. The molecule has 1 aliphatic rings. The maximum atomic E-state index is 12.6. The van der Waals surface area contributed by atoms with Crippen LogP contribution >= 0.6 is 11.3 Å². The summed E-state index contributed by atoms with van der Waals surface area (Å²) in [6.07, 6.45) is 4.31. The average Bonchev–Trinajstić information content (AvgIpc) is 3.39. The summed E-state index contributed by atoms with van der Waals surface area (Å²) in [5, 5.41) is 3.46. The first-order chi connectivity index (χ1) is 14.7. The number of amides is 2. The number of anilines is 1. The number of nitrogens with one attached hydrogen (secondary N) is 1. The molecule has 152 valence electrons. The third-order valence-electron chi connectivity index (χ3n) is 4.77. The lowest BCUT2D eigenvalue weighted by Gasteiger charge is -2.16. The van der Waals surface area contributed by atoms with Crippen LogP contribution in [0.3, 0.4) is 0 Å². The molecule has 1 aliphatic heterocycles. The van der Waals surface area contributed by atoms with Crippen LogP contribution in [0.1, 0.15) is 28.1 Å². The van der Waals surface area contributed by atoms with Gasteiger partial charge in [0.2, 0.25) is 0 Å². The van der Waals surface area contributed by atoms with E-state index in [2.05, 4.69) is 27.1 Å². The van der Waals surface area contributed by atoms with Gasteiger partial charge in [0, 0.05) is 31.0 Å². The number of aromatic nitrogens is 2. The first-order valence-electron chi connectivity index (χ1n) is 9.78. The molecule has 1 fully saturated rings. The Bertz CT molecular complexity index is 1060. The minimum Gasteiger partial charge on any atom is -0.372 e. The molecular formula is C23H22N4O2S. The Morgan fingerprint density at radius 2 is 2.03 bits per heavy atom. The third-order valence-corrected chi connectivity index (χ3v) is 5.76. The molecular weight excluding hydrogens is 396 g/mol. The quantitative estimate of drug-likeness (QED) is 0.649. The molecule has 4 rings (SSSR count). The van der Waals surface area contributed by atoms with E-state index in [9.17, 15) is 4.79 Å². The number of nitrogens with zero attached hydrogens (tertiary/aromatic N) is 3. The highest BCUT2D eigenvalue weighted by molar-refractivity contribution is 7.16. The number of hydrogen-bond donors (Lipinski definition) is 1.